The quantitative estimate of drug-likeness (QED) is 0.580. The van der Waals surface area contributed by atoms with Gasteiger partial charge in [0.15, 0.2) is 0 Å². The summed E-state index contributed by atoms with van der Waals surface area (Å²) in [7, 11) is 0. The molecule has 0 radical (unpaired) electrons. The molecule has 0 aromatic heterocycles. The fourth-order valence-corrected chi connectivity index (χ4v) is 4.04. The molecule has 96 valence electrons. The molecule has 4 heteroatoms. The minimum absolute atomic E-state index is 0.456. The van der Waals surface area contributed by atoms with Gasteiger partial charge in [-0.3, -0.25) is 4.90 Å². The molecule has 1 heterocycles. The molecule has 2 aliphatic carbocycles. The van der Waals surface area contributed by atoms with Crippen LogP contribution in [0.1, 0.15) is 26.2 Å². The first-order chi connectivity index (χ1) is 8.33. The zero-order valence-corrected chi connectivity index (χ0v) is 10.7. The molecule has 0 unspecified atom stereocenters. The van der Waals surface area contributed by atoms with E-state index in [4.69, 9.17) is 0 Å². The average molecular weight is 237 g/mol. The molecule has 0 spiro atoms. The molecular weight excluding hydrogens is 214 g/mol. The molecular formula is C13H23N3O. The first kappa shape index (κ1) is 11.5. The van der Waals surface area contributed by atoms with Crippen molar-refractivity contribution in [3.05, 3.63) is 0 Å². The Morgan fingerprint density at radius 1 is 1.24 bits per heavy atom. The number of hydrogen-bond acceptors (Lipinski definition) is 4. The van der Waals surface area contributed by atoms with Gasteiger partial charge in [0, 0.05) is 32.1 Å². The number of rotatable bonds is 2. The number of piperazine rings is 1. The molecule has 1 aliphatic heterocycles. The zero-order valence-electron chi connectivity index (χ0n) is 10.7. The molecule has 0 amide bonds. The smallest absolute Gasteiger partial charge is 0.0775 e. The van der Waals surface area contributed by atoms with E-state index in [9.17, 15) is 5.21 Å². The molecule has 17 heavy (non-hydrogen) atoms. The molecule has 4 nitrogen and oxygen atoms in total. The Balaban J connectivity index is 1.68. The van der Waals surface area contributed by atoms with E-state index in [0.29, 0.717) is 12.0 Å². The van der Waals surface area contributed by atoms with E-state index in [-0.39, 0.29) is 0 Å². The van der Waals surface area contributed by atoms with Gasteiger partial charge < -0.3 is 10.1 Å². The highest BCUT2D eigenvalue weighted by molar-refractivity contribution is 5.94. The van der Waals surface area contributed by atoms with Crippen molar-refractivity contribution in [1.29, 1.82) is 0 Å². The van der Waals surface area contributed by atoms with E-state index in [1.165, 1.54) is 32.4 Å². The van der Waals surface area contributed by atoms with Crippen LogP contribution in [0.15, 0.2) is 5.16 Å². The van der Waals surface area contributed by atoms with Crippen molar-refractivity contribution in [3.8, 4) is 0 Å². The summed E-state index contributed by atoms with van der Waals surface area (Å²) in [6.45, 7) is 8.01. The van der Waals surface area contributed by atoms with Gasteiger partial charge in [-0.25, -0.2) is 0 Å². The van der Waals surface area contributed by atoms with E-state index in [2.05, 4.69) is 21.9 Å². The predicted molar refractivity (Wildman–Crippen MR) is 67.5 cm³/mol. The van der Waals surface area contributed by atoms with Gasteiger partial charge in [0.1, 0.15) is 0 Å². The summed E-state index contributed by atoms with van der Waals surface area (Å²) in [5.41, 5.74) is 1.09. The second kappa shape index (κ2) is 4.58. The van der Waals surface area contributed by atoms with Crippen LogP contribution in [0.25, 0.3) is 0 Å². The van der Waals surface area contributed by atoms with Gasteiger partial charge in [0.2, 0.25) is 0 Å². The largest absolute Gasteiger partial charge is 0.411 e. The van der Waals surface area contributed by atoms with E-state index in [0.717, 1.165) is 31.3 Å². The highest BCUT2D eigenvalue weighted by atomic mass is 16.4. The van der Waals surface area contributed by atoms with Crippen LogP contribution in [0.5, 0.6) is 0 Å². The number of hydrogen-bond donors (Lipinski definition) is 1. The van der Waals surface area contributed by atoms with Crippen molar-refractivity contribution in [2.24, 2.45) is 17.0 Å². The first-order valence-corrected chi connectivity index (χ1v) is 7.01. The number of likely N-dealkylation sites (N-methyl/N-ethyl adjacent to an activating group) is 1. The van der Waals surface area contributed by atoms with Crippen LogP contribution in [0.2, 0.25) is 0 Å². The van der Waals surface area contributed by atoms with Gasteiger partial charge in [-0.15, -0.1) is 0 Å². The van der Waals surface area contributed by atoms with Gasteiger partial charge >= 0.3 is 0 Å². The second-order valence-corrected chi connectivity index (χ2v) is 5.71. The maximum absolute atomic E-state index is 9.24. The average Bonchev–Trinajstić information content (AvgIpc) is 2.98. The van der Waals surface area contributed by atoms with E-state index in [1.807, 2.05) is 0 Å². The Kier molecular flexibility index (Phi) is 3.09. The first-order valence-electron chi connectivity index (χ1n) is 7.01. The van der Waals surface area contributed by atoms with E-state index in [1.54, 1.807) is 0 Å². The van der Waals surface area contributed by atoms with Crippen LogP contribution in [0, 0.1) is 11.8 Å². The number of oxime groups is 1. The highest BCUT2D eigenvalue weighted by Crippen LogP contribution is 2.45. The molecule has 3 rings (SSSR count). The van der Waals surface area contributed by atoms with Crippen LogP contribution in [0.3, 0.4) is 0 Å². The summed E-state index contributed by atoms with van der Waals surface area (Å²) in [6, 6.07) is 0.456. The summed E-state index contributed by atoms with van der Waals surface area (Å²) in [5, 5.41) is 12.9. The Labute approximate surface area is 103 Å². The lowest BCUT2D eigenvalue weighted by Crippen LogP contribution is -2.54. The summed E-state index contributed by atoms with van der Waals surface area (Å²) in [5.74, 6) is 1.35. The Morgan fingerprint density at radius 3 is 2.65 bits per heavy atom. The van der Waals surface area contributed by atoms with Gasteiger partial charge in [-0.05, 0) is 31.7 Å². The number of nitrogens with zero attached hydrogens (tertiary/aromatic N) is 3. The number of fused-ring (bicyclic) bond motifs is 2. The molecule has 3 fully saturated rings. The van der Waals surface area contributed by atoms with Crippen LogP contribution in [-0.2, 0) is 0 Å². The maximum atomic E-state index is 9.24. The van der Waals surface area contributed by atoms with Crippen molar-refractivity contribution in [2.75, 3.05) is 32.7 Å². The Morgan fingerprint density at radius 2 is 2.00 bits per heavy atom. The lowest BCUT2D eigenvalue weighted by molar-refractivity contribution is 0.102. The minimum atomic E-state index is 0.456. The van der Waals surface area contributed by atoms with Gasteiger partial charge in [0.05, 0.1) is 11.8 Å². The molecule has 0 aromatic rings. The van der Waals surface area contributed by atoms with Gasteiger partial charge in [-0.2, -0.15) is 0 Å². The summed E-state index contributed by atoms with van der Waals surface area (Å²) in [4.78, 5) is 5.06. The van der Waals surface area contributed by atoms with Crippen molar-refractivity contribution >= 4 is 5.71 Å². The third kappa shape index (κ3) is 1.87. The lowest BCUT2D eigenvalue weighted by atomic mass is 9.91. The highest BCUT2D eigenvalue weighted by Gasteiger charge is 2.48. The second-order valence-electron chi connectivity index (χ2n) is 5.71. The van der Waals surface area contributed by atoms with Crippen molar-refractivity contribution < 1.29 is 5.21 Å². The van der Waals surface area contributed by atoms with E-state index < -0.39 is 0 Å². The maximum Gasteiger partial charge on any atom is 0.0775 e. The molecule has 1 N–H and O–H groups in total. The van der Waals surface area contributed by atoms with Crippen LogP contribution >= 0.6 is 0 Å². The lowest BCUT2D eigenvalue weighted by Gasteiger charge is -2.40. The zero-order chi connectivity index (χ0) is 11.8. The minimum Gasteiger partial charge on any atom is -0.411 e. The van der Waals surface area contributed by atoms with Crippen LogP contribution in [-0.4, -0.2) is 59.5 Å². The molecule has 3 aliphatic rings. The van der Waals surface area contributed by atoms with Crippen molar-refractivity contribution in [2.45, 2.75) is 32.2 Å². The molecule has 3 atom stereocenters. The van der Waals surface area contributed by atoms with Crippen molar-refractivity contribution in [3.63, 3.8) is 0 Å². The Bertz CT molecular complexity index is 310. The van der Waals surface area contributed by atoms with Crippen molar-refractivity contribution in [1.82, 2.24) is 9.80 Å². The van der Waals surface area contributed by atoms with Gasteiger partial charge in [0.25, 0.3) is 0 Å². The Hall–Kier alpha value is -0.610. The summed E-state index contributed by atoms with van der Waals surface area (Å²) in [6.07, 6.45) is 3.84. The van der Waals surface area contributed by atoms with E-state index >= 15 is 0 Å². The summed E-state index contributed by atoms with van der Waals surface area (Å²) < 4.78 is 0. The SMILES string of the molecule is CCN1CCN([C@@H]2/C(=N\O)[C@H]3CC[C@@H]2C3)CC1. The normalized spacial score (nSPS) is 41.5. The standard InChI is InChI=1S/C13H23N3O/c1-2-15-5-7-16(8-6-15)13-11-4-3-10(9-11)12(13)14-17/h10-11,13,17H,2-9H2,1H3/b14-12-/t10-,11+,13-/m0/s1. The molecule has 2 bridgehead atoms. The van der Waals surface area contributed by atoms with Crippen LogP contribution in [0.4, 0.5) is 0 Å². The molecule has 1 saturated heterocycles. The monoisotopic (exact) mass is 237 g/mol. The fourth-order valence-electron chi connectivity index (χ4n) is 4.04. The third-order valence-electron chi connectivity index (χ3n) is 5.00. The van der Waals surface area contributed by atoms with Crippen LogP contribution < -0.4 is 0 Å². The summed E-state index contributed by atoms with van der Waals surface area (Å²) >= 11 is 0. The topological polar surface area (TPSA) is 39.1 Å². The molecule has 2 saturated carbocycles. The molecule has 0 aromatic carbocycles. The fraction of sp³-hybridized carbons (Fsp3) is 0.923. The third-order valence-corrected chi connectivity index (χ3v) is 5.00. The predicted octanol–water partition coefficient (Wildman–Crippen LogP) is 1.25. The van der Waals surface area contributed by atoms with Gasteiger partial charge in [-0.1, -0.05) is 12.1 Å².